The molecule has 56 heavy (non-hydrogen) atoms. The maximum absolute atomic E-state index is 13.6. The van der Waals surface area contributed by atoms with Crippen molar-refractivity contribution in [3.63, 3.8) is 0 Å². The molecule has 0 saturated carbocycles. The van der Waals surface area contributed by atoms with E-state index in [1.165, 1.54) is 36.2 Å². The first-order chi connectivity index (χ1) is 26.8. The second-order valence-corrected chi connectivity index (χ2v) is 12.6. The monoisotopic (exact) mass is 766 g/mol. The summed E-state index contributed by atoms with van der Waals surface area (Å²) in [4.78, 5) is 65.1. The number of ether oxygens (including phenoxy) is 2. The van der Waals surface area contributed by atoms with Crippen LogP contribution >= 0.6 is 0 Å². The normalized spacial score (nSPS) is 11.5. The number of aryl methyl sites for hydroxylation is 4. The number of anilines is 3. The number of carbonyl (C=O) groups excluding carboxylic acids is 4. The van der Waals surface area contributed by atoms with E-state index in [-0.39, 0.29) is 60.7 Å². The lowest BCUT2D eigenvalue weighted by atomic mass is 10.1. The topological polar surface area (TPSA) is 273 Å². The van der Waals surface area contributed by atoms with Crippen LogP contribution in [0.15, 0.2) is 42.6 Å². The number of nitrogen functional groups attached to an aromatic ring is 1. The summed E-state index contributed by atoms with van der Waals surface area (Å²) >= 11 is 0. The highest BCUT2D eigenvalue weighted by molar-refractivity contribution is 6.07. The molecule has 5 aromatic heterocycles. The molecule has 0 spiro atoms. The summed E-state index contributed by atoms with van der Waals surface area (Å²) in [5, 5.41) is 14.4. The highest BCUT2D eigenvalue weighted by Gasteiger charge is 2.24. The van der Waals surface area contributed by atoms with E-state index in [1.54, 1.807) is 45.9 Å². The molecule has 0 saturated heterocycles. The molecule has 5 heterocycles. The van der Waals surface area contributed by atoms with Crippen LogP contribution in [0.3, 0.4) is 0 Å². The van der Waals surface area contributed by atoms with Gasteiger partial charge >= 0.3 is 0 Å². The molecule has 8 N–H and O–H groups in total. The third-order valence-electron chi connectivity index (χ3n) is 8.82. The van der Waals surface area contributed by atoms with Crippen molar-refractivity contribution in [2.45, 2.75) is 53.9 Å². The van der Waals surface area contributed by atoms with E-state index in [1.807, 2.05) is 13.8 Å². The Morgan fingerprint density at radius 3 is 2.12 bits per heavy atom. The summed E-state index contributed by atoms with van der Waals surface area (Å²) in [6, 6.07) is 6.20. The van der Waals surface area contributed by atoms with Gasteiger partial charge in [0, 0.05) is 45.0 Å². The van der Waals surface area contributed by atoms with Crippen LogP contribution in [-0.4, -0.2) is 87.6 Å². The van der Waals surface area contributed by atoms with Gasteiger partial charge in [-0.05, 0) is 52.0 Å². The first kappa shape index (κ1) is 38.6. The van der Waals surface area contributed by atoms with E-state index in [9.17, 15) is 19.2 Å². The lowest BCUT2D eigenvalue weighted by Crippen LogP contribution is -2.21. The number of carbonyl (C=O) groups is 4. The van der Waals surface area contributed by atoms with Gasteiger partial charge in [0.2, 0.25) is 23.7 Å². The third kappa shape index (κ3) is 7.62. The van der Waals surface area contributed by atoms with Crippen molar-refractivity contribution in [2.24, 2.45) is 11.5 Å². The Balaban J connectivity index is 1.38. The number of amides is 4. The lowest BCUT2D eigenvalue weighted by Gasteiger charge is -2.13. The Kier molecular flexibility index (Phi) is 11.1. The molecule has 6 aromatic rings. The van der Waals surface area contributed by atoms with E-state index >= 15 is 0 Å². The summed E-state index contributed by atoms with van der Waals surface area (Å²) in [5.41, 5.74) is 21.1. The summed E-state index contributed by atoms with van der Waals surface area (Å²) in [5.74, 6) is -1.77. The van der Waals surface area contributed by atoms with Crippen molar-refractivity contribution in [2.75, 3.05) is 36.7 Å². The maximum Gasteiger partial charge on any atom is 0.278 e. The number of nitrogens with one attached hydrogen (secondary N) is 2. The Hall–Kier alpha value is -7.09. The van der Waals surface area contributed by atoms with Gasteiger partial charge in [-0.25, -0.2) is 15.0 Å². The molecule has 20 nitrogen and oxygen atoms in total. The quantitative estimate of drug-likeness (QED) is 0.0702. The number of hydrogen-bond donors (Lipinski definition) is 5. The number of fused-ring (bicyclic) bond motifs is 2. The van der Waals surface area contributed by atoms with Crippen LogP contribution in [0.1, 0.15) is 66.9 Å². The van der Waals surface area contributed by atoms with Gasteiger partial charge in [-0.1, -0.05) is 12.2 Å². The average molecular weight is 767 g/mol. The fourth-order valence-corrected chi connectivity index (χ4v) is 6.12. The van der Waals surface area contributed by atoms with Gasteiger partial charge in [0.05, 0.1) is 34.8 Å². The van der Waals surface area contributed by atoms with Crippen molar-refractivity contribution >= 4 is 63.4 Å². The SMILES string of the molecule is CCn1nc(C)cc1C(=O)Nc1nc2cc(C(N)=O)cc(OCCOC)c2n1C/C=C/Cn1c(NC(=O)c2c(N)c(C)nn2CC)nc2cc(C(N)=O)cnc21. The Labute approximate surface area is 319 Å². The molecule has 0 aliphatic carbocycles. The predicted molar refractivity (Wildman–Crippen MR) is 206 cm³/mol. The standard InChI is InChI=1S/C36H42N14O6/c1-6-49-25(14-19(3)45-49)33(53)43-35-41-23-15-21(30(38)51)17-26(56-13-12-55-5)28(23)47(35)10-8-9-11-48-32-24(16-22(18-40-32)31(39)52)42-36(48)44-34(54)29-27(37)20(4)46-50(29)7-2/h8-9,14-18H,6-7,10-13,37H2,1-5H3,(H2,38,51)(H2,39,52)(H,41,43,53)(H,42,44,54)/b9-8+. The smallest absolute Gasteiger partial charge is 0.278 e. The van der Waals surface area contributed by atoms with Gasteiger partial charge in [-0.15, -0.1) is 0 Å². The van der Waals surface area contributed by atoms with Crippen LogP contribution < -0.4 is 32.6 Å². The van der Waals surface area contributed by atoms with Crippen molar-refractivity contribution in [3.8, 4) is 5.75 Å². The Morgan fingerprint density at radius 1 is 0.804 bits per heavy atom. The molecule has 6 rings (SSSR count). The summed E-state index contributed by atoms with van der Waals surface area (Å²) in [7, 11) is 1.54. The zero-order valence-corrected chi connectivity index (χ0v) is 31.5. The van der Waals surface area contributed by atoms with Crippen molar-refractivity contribution in [1.82, 2.24) is 43.6 Å². The second kappa shape index (κ2) is 16.1. The molecule has 0 radical (unpaired) electrons. The van der Waals surface area contributed by atoms with Gasteiger partial charge in [0.25, 0.3) is 11.8 Å². The number of pyridine rings is 1. The Bertz CT molecular complexity index is 2520. The number of imidazole rings is 2. The predicted octanol–water partition coefficient (Wildman–Crippen LogP) is 2.40. The van der Waals surface area contributed by atoms with E-state index in [0.717, 1.165) is 0 Å². The highest BCUT2D eigenvalue weighted by Crippen LogP contribution is 2.31. The molecule has 0 atom stereocenters. The zero-order chi connectivity index (χ0) is 40.3. The van der Waals surface area contributed by atoms with Crippen molar-refractivity contribution in [3.05, 3.63) is 76.5 Å². The molecule has 0 fully saturated rings. The summed E-state index contributed by atoms with van der Waals surface area (Å²) in [6.45, 7) is 8.79. The van der Waals surface area contributed by atoms with Crippen molar-refractivity contribution in [1.29, 1.82) is 0 Å². The number of nitrogens with zero attached hydrogens (tertiary/aromatic N) is 9. The van der Waals surface area contributed by atoms with Gasteiger partial charge < -0.3 is 31.2 Å². The average Bonchev–Trinajstić information content (AvgIpc) is 3.90. The fraction of sp³-hybridized carbons (Fsp3) is 0.306. The largest absolute Gasteiger partial charge is 0.489 e. The van der Waals surface area contributed by atoms with Crippen molar-refractivity contribution < 1.29 is 28.7 Å². The molecule has 292 valence electrons. The number of rotatable bonds is 16. The van der Waals surface area contributed by atoms with E-state index in [4.69, 9.17) is 26.7 Å². The highest BCUT2D eigenvalue weighted by atomic mass is 16.5. The van der Waals surface area contributed by atoms with Gasteiger partial charge in [-0.2, -0.15) is 10.2 Å². The van der Waals surface area contributed by atoms with Crippen LogP contribution in [0.25, 0.3) is 22.2 Å². The first-order valence-electron chi connectivity index (χ1n) is 17.6. The molecule has 20 heteroatoms. The van der Waals surface area contributed by atoms with E-state index < -0.39 is 23.6 Å². The molecule has 4 amide bonds. The number of aromatic nitrogens is 9. The van der Waals surface area contributed by atoms with Crippen LogP contribution in [-0.2, 0) is 30.9 Å². The number of allylic oxidation sites excluding steroid dienone is 2. The van der Waals surface area contributed by atoms with Crippen LogP contribution in [0.5, 0.6) is 5.75 Å². The maximum atomic E-state index is 13.6. The van der Waals surface area contributed by atoms with Crippen LogP contribution in [0.2, 0.25) is 0 Å². The summed E-state index contributed by atoms with van der Waals surface area (Å²) < 4.78 is 17.7. The molecular formula is C36H42N14O6. The van der Waals surface area contributed by atoms with Gasteiger partial charge in [0.15, 0.2) is 5.65 Å². The zero-order valence-electron chi connectivity index (χ0n) is 31.5. The minimum atomic E-state index is -0.687. The third-order valence-corrected chi connectivity index (χ3v) is 8.82. The number of nitrogens with two attached hydrogens (primary N) is 3. The molecule has 1 aromatic carbocycles. The molecular weight excluding hydrogens is 724 g/mol. The second-order valence-electron chi connectivity index (χ2n) is 12.6. The van der Waals surface area contributed by atoms with Gasteiger partial charge in [-0.3, -0.25) is 43.7 Å². The lowest BCUT2D eigenvalue weighted by molar-refractivity contribution is 0.0991. The molecule has 0 aliphatic rings. The number of hydrogen-bond acceptors (Lipinski definition) is 12. The van der Waals surface area contributed by atoms with Gasteiger partial charge in [0.1, 0.15) is 34.8 Å². The summed E-state index contributed by atoms with van der Waals surface area (Å²) in [6.07, 6.45) is 4.93. The fourth-order valence-electron chi connectivity index (χ4n) is 6.12. The minimum absolute atomic E-state index is 0.126. The molecule has 0 unspecified atom stereocenters. The Morgan fingerprint density at radius 2 is 1.45 bits per heavy atom. The molecule has 0 aliphatic heterocycles. The number of benzene rings is 1. The van der Waals surface area contributed by atoms with E-state index in [0.29, 0.717) is 58.1 Å². The number of primary amides is 2. The molecule has 0 bridgehead atoms. The van der Waals surface area contributed by atoms with Crippen LogP contribution in [0, 0.1) is 13.8 Å². The van der Waals surface area contributed by atoms with E-state index in [2.05, 4.69) is 35.8 Å². The first-order valence-corrected chi connectivity index (χ1v) is 17.6. The minimum Gasteiger partial charge on any atom is -0.489 e. The number of methoxy groups -OCH3 is 1. The van der Waals surface area contributed by atoms with Crippen LogP contribution in [0.4, 0.5) is 17.6 Å².